The Morgan fingerprint density at radius 3 is 2.45 bits per heavy atom. The molecule has 4 rings (SSSR count). The predicted octanol–water partition coefficient (Wildman–Crippen LogP) is 4.38. The van der Waals surface area contributed by atoms with E-state index in [0.717, 1.165) is 63.2 Å². The molecule has 5 atom stereocenters. The Balaban J connectivity index is 1.40. The van der Waals surface area contributed by atoms with Crippen molar-refractivity contribution >= 4 is 0 Å². The van der Waals surface area contributed by atoms with E-state index in [4.69, 9.17) is 23.7 Å². The van der Waals surface area contributed by atoms with Gasteiger partial charge in [0.05, 0.1) is 25.4 Å². The van der Waals surface area contributed by atoms with Gasteiger partial charge in [-0.25, -0.2) is 0 Å². The van der Waals surface area contributed by atoms with Crippen LogP contribution in [0, 0.1) is 12.3 Å². The molecule has 1 N–H and O–H groups in total. The Bertz CT molecular complexity index is 666. The summed E-state index contributed by atoms with van der Waals surface area (Å²) in [5.74, 6) is 1.54. The van der Waals surface area contributed by atoms with Crippen LogP contribution in [0.15, 0.2) is 42.2 Å². The van der Waals surface area contributed by atoms with Crippen LogP contribution in [0.2, 0.25) is 0 Å². The quantitative estimate of drug-likeness (QED) is 0.462. The van der Waals surface area contributed by atoms with Gasteiger partial charge in [-0.15, -0.1) is 0 Å². The van der Waals surface area contributed by atoms with Crippen LogP contribution in [0.1, 0.15) is 51.4 Å². The first-order chi connectivity index (χ1) is 15.3. The van der Waals surface area contributed by atoms with Crippen LogP contribution < -0.4 is 4.74 Å². The molecule has 171 valence electrons. The van der Waals surface area contributed by atoms with Gasteiger partial charge in [-0.1, -0.05) is 18.2 Å². The van der Waals surface area contributed by atoms with Crippen molar-refractivity contribution in [3.05, 3.63) is 48.6 Å². The van der Waals surface area contributed by atoms with Crippen molar-refractivity contribution in [1.82, 2.24) is 0 Å². The van der Waals surface area contributed by atoms with E-state index >= 15 is 0 Å². The Kier molecular flexibility index (Phi) is 8.64. The summed E-state index contributed by atoms with van der Waals surface area (Å²) in [7, 11) is 0. The maximum Gasteiger partial charge on any atom is 0.199 e. The molecular weight excluding hydrogens is 396 g/mol. The van der Waals surface area contributed by atoms with Crippen molar-refractivity contribution in [3.63, 3.8) is 0 Å². The van der Waals surface area contributed by atoms with Gasteiger partial charge in [0.2, 0.25) is 0 Å². The minimum absolute atomic E-state index is 0.122. The number of aliphatic hydroxyl groups is 1. The van der Waals surface area contributed by atoms with Crippen LogP contribution in [0.5, 0.6) is 5.75 Å². The maximum absolute atomic E-state index is 10.4. The topological polar surface area (TPSA) is 66.4 Å². The van der Waals surface area contributed by atoms with Gasteiger partial charge >= 0.3 is 0 Å². The molecule has 3 fully saturated rings. The van der Waals surface area contributed by atoms with Gasteiger partial charge in [-0.2, -0.15) is 0 Å². The molecule has 1 radical (unpaired) electrons. The third kappa shape index (κ3) is 6.94. The van der Waals surface area contributed by atoms with E-state index < -0.39 is 6.10 Å². The van der Waals surface area contributed by atoms with E-state index in [9.17, 15) is 5.11 Å². The molecule has 1 aliphatic carbocycles. The summed E-state index contributed by atoms with van der Waals surface area (Å²) >= 11 is 0. The van der Waals surface area contributed by atoms with E-state index in [1.54, 1.807) is 0 Å². The summed E-state index contributed by atoms with van der Waals surface area (Å²) in [5, 5.41) is 10.4. The lowest BCUT2D eigenvalue weighted by Crippen LogP contribution is -2.32. The van der Waals surface area contributed by atoms with Crippen LogP contribution >= 0.6 is 0 Å². The molecule has 1 aromatic rings. The third-order valence-corrected chi connectivity index (χ3v) is 5.98. The molecule has 0 spiro atoms. The van der Waals surface area contributed by atoms with E-state index in [1.165, 1.54) is 0 Å². The lowest BCUT2D eigenvalue weighted by atomic mass is 10.0. The third-order valence-electron chi connectivity index (χ3n) is 5.98. The highest BCUT2D eigenvalue weighted by Crippen LogP contribution is 2.37. The fourth-order valence-corrected chi connectivity index (χ4v) is 4.37. The van der Waals surface area contributed by atoms with E-state index in [0.29, 0.717) is 19.4 Å². The second kappa shape index (κ2) is 11.9. The van der Waals surface area contributed by atoms with Gasteiger partial charge in [0.15, 0.2) is 12.6 Å². The fraction of sp³-hybridized carbons (Fsp3) is 0.640. The molecule has 31 heavy (non-hydrogen) atoms. The highest BCUT2D eigenvalue weighted by Gasteiger charge is 2.40. The van der Waals surface area contributed by atoms with Gasteiger partial charge < -0.3 is 28.8 Å². The molecule has 0 amide bonds. The normalized spacial score (nSPS) is 32.0. The van der Waals surface area contributed by atoms with Crippen molar-refractivity contribution in [2.75, 3.05) is 19.8 Å². The Morgan fingerprint density at radius 1 is 1.00 bits per heavy atom. The fourth-order valence-electron chi connectivity index (χ4n) is 4.37. The molecule has 2 aliphatic heterocycles. The lowest BCUT2D eigenvalue weighted by Gasteiger charge is -2.31. The molecule has 2 heterocycles. The van der Waals surface area contributed by atoms with Crippen molar-refractivity contribution in [2.24, 2.45) is 5.92 Å². The Morgan fingerprint density at radius 2 is 1.74 bits per heavy atom. The summed E-state index contributed by atoms with van der Waals surface area (Å²) in [4.78, 5) is 0. The molecule has 0 bridgehead atoms. The van der Waals surface area contributed by atoms with E-state index in [-0.39, 0.29) is 24.6 Å². The first-order valence-electron chi connectivity index (χ1n) is 11.7. The number of rotatable bonds is 9. The monoisotopic (exact) mass is 431 g/mol. The van der Waals surface area contributed by atoms with Crippen LogP contribution in [0.25, 0.3) is 0 Å². The average molecular weight is 432 g/mol. The Hall–Kier alpha value is -1.60. The summed E-state index contributed by atoms with van der Waals surface area (Å²) < 4.78 is 30.0. The van der Waals surface area contributed by atoms with Crippen LogP contribution in [0.4, 0.5) is 0 Å². The molecule has 6 nitrogen and oxygen atoms in total. The largest absolute Gasteiger partial charge is 0.493 e. The maximum atomic E-state index is 10.4. The zero-order valence-corrected chi connectivity index (χ0v) is 18.2. The number of ether oxygens (including phenoxy) is 5. The minimum Gasteiger partial charge on any atom is -0.493 e. The van der Waals surface area contributed by atoms with Crippen LogP contribution in [-0.2, 0) is 18.9 Å². The summed E-state index contributed by atoms with van der Waals surface area (Å²) in [6.45, 7) is 2.01. The van der Waals surface area contributed by atoms with Gasteiger partial charge in [0.25, 0.3) is 0 Å². The number of aliphatic hydroxyl groups excluding tert-OH is 1. The zero-order valence-electron chi connectivity index (χ0n) is 18.2. The van der Waals surface area contributed by atoms with Crippen molar-refractivity contribution in [2.45, 2.75) is 76.2 Å². The molecule has 1 aromatic carbocycles. The summed E-state index contributed by atoms with van der Waals surface area (Å²) in [5.41, 5.74) is 0. The molecule has 1 saturated carbocycles. The van der Waals surface area contributed by atoms with E-state index in [1.807, 2.05) is 36.8 Å². The second-order valence-electron chi connectivity index (χ2n) is 8.46. The molecule has 2 unspecified atom stereocenters. The average Bonchev–Trinajstić information content (AvgIpc) is 3.17. The van der Waals surface area contributed by atoms with Crippen molar-refractivity contribution in [1.29, 1.82) is 0 Å². The van der Waals surface area contributed by atoms with Crippen molar-refractivity contribution in [3.8, 4) is 5.75 Å². The first-order valence-corrected chi connectivity index (χ1v) is 11.7. The second-order valence-corrected chi connectivity index (χ2v) is 8.46. The first kappa shape index (κ1) is 22.6. The van der Waals surface area contributed by atoms with E-state index in [2.05, 4.69) is 6.08 Å². The molecule has 2 saturated heterocycles. The minimum atomic E-state index is -0.515. The van der Waals surface area contributed by atoms with Crippen LogP contribution in [0.3, 0.4) is 0 Å². The standard InChI is InChI=1S/C25H35O6/c26-19-17-21(23(18-19)31-25-13-5-7-15-29-25)22(30-24-12-4-6-14-28-24)11-8-16-27-20-9-2-1-3-10-20/h1-3,9-11,17,19,21,23-26H,4-8,12-16,18H2/b22-11+/t19-,21-,23-,24?,25?/m1/s1. The molecule has 3 aliphatic rings. The highest BCUT2D eigenvalue weighted by molar-refractivity contribution is 5.21. The van der Waals surface area contributed by atoms with Crippen molar-refractivity contribution < 1.29 is 28.8 Å². The van der Waals surface area contributed by atoms with Gasteiger partial charge in [-0.05, 0) is 50.3 Å². The number of para-hydroxylation sites is 1. The van der Waals surface area contributed by atoms with Gasteiger partial charge in [-0.3, -0.25) is 0 Å². The SMILES string of the molecule is O[C@@H]1[CH][C@H](/C(=C\CCOc2ccccc2)OC2CCCCO2)[C@H](OC2CCCCO2)C1. The molecule has 6 heteroatoms. The number of hydrogen-bond acceptors (Lipinski definition) is 6. The zero-order chi connectivity index (χ0) is 21.3. The molecule has 0 aromatic heterocycles. The van der Waals surface area contributed by atoms with Gasteiger partial charge in [0.1, 0.15) is 11.5 Å². The number of benzene rings is 1. The van der Waals surface area contributed by atoms with Gasteiger partial charge in [0, 0.05) is 38.2 Å². The lowest BCUT2D eigenvalue weighted by molar-refractivity contribution is -0.198. The Labute approximate surface area is 185 Å². The number of hydrogen-bond donors (Lipinski definition) is 1. The predicted molar refractivity (Wildman–Crippen MR) is 116 cm³/mol. The smallest absolute Gasteiger partial charge is 0.199 e. The highest BCUT2D eigenvalue weighted by atomic mass is 16.7. The molecular formula is C25H35O6. The summed E-state index contributed by atoms with van der Waals surface area (Å²) in [6.07, 6.45) is 10.3. The summed E-state index contributed by atoms with van der Waals surface area (Å²) in [6, 6.07) is 9.80. The van der Waals surface area contributed by atoms with Crippen LogP contribution in [-0.4, -0.2) is 49.7 Å².